The maximum absolute atomic E-state index is 6.51. The molecule has 0 atom stereocenters. The van der Waals surface area contributed by atoms with Crippen molar-refractivity contribution in [3.8, 4) is 28.3 Å². The zero-order chi connectivity index (χ0) is 33.2. The lowest BCUT2D eigenvalue weighted by Crippen LogP contribution is -1.97. The van der Waals surface area contributed by atoms with Crippen LogP contribution < -0.4 is 0 Å². The molecule has 4 heterocycles. The van der Waals surface area contributed by atoms with Gasteiger partial charge in [-0.3, -0.25) is 0 Å². The smallest absolute Gasteiger partial charge is 0.180 e. The molecule has 0 fully saturated rings. The SMILES string of the molecule is c1cc(-c2nc(-c3cccc4ccccc34)c3oc4ccccc4c3n2)cc(-n2c3ccc4cccc5sc6cccc7ccc2c(c76)c3c45)c1. The first-order valence-corrected chi connectivity index (χ1v) is 18.0. The molecule has 0 saturated carbocycles. The zero-order valence-corrected chi connectivity index (χ0v) is 27.9. The standard InChI is InChI=1S/C46H25N3OS/c1-2-15-31-26(9-1)10-6-17-32(31)43-45-44(33-16-3-4-18-36(33)50-45)48-46(47-43)29-13-5-14-30(25-29)49-34-23-21-27-11-7-19-37-39(27)41(34)42-35(49)24-22-28-12-8-20-38(51-37)40(28)42/h1-25H. The van der Waals surface area contributed by atoms with E-state index in [0.29, 0.717) is 11.4 Å². The Hall–Kier alpha value is -6.56. The van der Waals surface area contributed by atoms with Crippen molar-refractivity contribution in [2.75, 3.05) is 0 Å². The molecule has 0 aliphatic heterocycles. The lowest BCUT2D eigenvalue weighted by Gasteiger charge is -2.12. The second kappa shape index (κ2) is 10.0. The summed E-state index contributed by atoms with van der Waals surface area (Å²) >= 11 is 1.88. The number of rotatable bonds is 3. The summed E-state index contributed by atoms with van der Waals surface area (Å²) in [5.41, 5.74) is 8.55. The highest BCUT2D eigenvalue weighted by atomic mass is 32.1. The van der Waals surface area contributed by atoms with E-state index in [-0.39, 0.29) is 0 Å². The van der Waals surface area contributed by atoms with Crippen molar-refractivity contribution in [3.05, 3.63) is 152 Å². The fourth-order valence-electron chi connectivity index (χ4n) is 8.36. The van der Waals surface area contributed by atoms with Crippen molar-refractivity contribution in [1.29, 1.82) is 0 Å². The van der Waals surface area contributed by atoms with E-state index in [0.717, 1.165) is 49.8 Å². The molecule has 0 aliphatic rings. The van der Waals surface area contributed by atoms with Crippen LogP contribution in [0.25, 0.3) is 114 Å². The zero-order valence-electron chi connectivity index (χ0n) is 27.1. The summed E-state index contributed by atoms with van der Waals surface area (Å²) in [5, 5.41) is 11.1. The molecule has 0 saturated heterocycles. The van der Waals surface area contributed by atoms with Gasteiger partial charge < -0.3 is 8.98 Å². The van der Waals surface area contributed by atoms with Gasteiger partial charge in [-0.25, -0.2) is 9.97 Å². The predicted molar refractivity (Wildman–Crippen MR) is 214 cm³/mol. The Morgan fingerprint density at radius 2 is 1.16 bits per heavy atom. The number of benzene rings is 8. The molecule has 0 unspecified atom stereocenters. The number of para-hydroxylation sites is 1. The molecule has 0 amide bonds. The quantitative estimate of drug-likeness (QED) is 0.188. The first-order valence-electron chi connectivity index (χ1n) is 17.2. The van der Waals surface area contributed by atoms with Crippen molar-refractivity contribution in [2.45, 2.75) is 0 Å². The van der Waals surface area contributed by atoms with Crippen LogP contribution in [0.1, 0.15) is 0 Å². The van der Waals surface area contributed by atoms with Crippen LogP contribution >= 0.6 is 11.3 Å². The minimum Gasteiger partial charge on any atom is -0.452 e. The maximum Gasteiger partial charge on any atom is 0.180 e. The van der Waals surface area contributed by atoms with Crippen LogP contribution in [0.15, 0.2) is 156 Å². The van der Waals surface area contributed by atoms with Crippen molar-refractivity contribution >= 4 is 96.9 Å². The van der Waals surface area contributed by atoms with E-state index >= 15 is 0 Å². The van der Waals surface area contributed by atoms with Crippen molar-refractivity contribution in [1.82, 2.24) is 14.5 Å². The largest absolute Gasteiger partial charge is 0.452 e. The summed E-state index contributed by atoms with van der Waals surface area (Å²) in [4.78, 5) is 10.5. The highest BCUT2D eigenvalue weighted by Crippen LogP contribution is 2.46. The Kier molecular flexibility index (Phi) is 5.35. The second-order valence-electron chi connectivity index (χ2n) is 13.3. The van der Waals surface area contributed by atoms with E-state index in [9.17, 15) is 0 Å². The molecule has 5 heteroatoms. The molecular weight excluding hydrogens is 643 g/mol. The predicted octanol–water partition coefficient (Wildman–Crippen LogP) is 12.9. The van der Waals surface area contributed by atoms with Crippen LogP contribution in [-0.2, 0) is 0 Å². The van der Waals surface area contributed by atoms with E-state index in [1.165, 1.54) is 52.8 Å². The second-order valence-corrected chi connectivity index (χ2v) is 14.4. The molecule has 0 spiro atoms. The van der Waals surface area contributed by atoms with Gasteiger partial charge in [-0.2, -0.15) is 0 Å². The molecule has 12 aromatic rings. The summed E-state index contributed by atoms with van der Waals surface area (Å²) in [5.74, 6) is 0.664. The average Bonchev–Trinajstić information content (AvgIpc) is 3.68. The monoisotopic (exact) mass is 667 g/mol. The Labute approximate surface area is 294 Å². The van der Waals surface area contributed by atoms with Gasteiger partial charge >= 0.3 is 0 Å². The minimum atomic E-state index is 0.664. The molecule has 12 rings (SSSR count). The van der Waals surface area contributed by atoms with Gasteiger partial charge in [0, 0.05) is 53.1 Å². The summed E-state index contributed by atoms with van der Waals surface area (Å²) in [7, 11) is 0. The maximum atomic E-state index is 6.51. The topological polar surface area (TPSA) is 43.9 Å². The van der Waals surface area contributed by atoms with Crippen LogP contribution in [0.3, 0.4) is 0 Å². The normalized spacial score (nSPS) is 12.3. The molecule has 0 aliphatic carbocycles. The van der Waals surface area contributed by atoms with Crippen LogP contribution in [0.2, 0.25) is 0 Å². The van der Waals surface area contributed by atoms with Crippen LogP contribution in [-0.4, -0.2) is 14.5 Å². The number of hydrogen-bond acceptors (Lipinski definition) is 4. The van der Waals surface area contributed by atoms with Crippen LogP contribution in [0.4, 0.5) is 0 Å². The number of furan rings is 1. The molecule has 236 valence electrons. The van der Waals surface area contributed by atoms with E-state index in [1.54, 1.807) is 0 Å². The molecule has 4 nitrogen and oxygen atoms in total. The van der Waals surface area contributed by atoms with Crippen molar-refractivity contribution in [3.63, 3.8) is 0 Å². The molecule has 0 N–H and O–H groups in total. The molecule has 0 bridgehead atoms. The highest BCUT2D eigenvalue weighted by Gasteiger charge is 2.22. The first-order chi connectivity index (χ1) is 25.3. The summed E-state index contributed by atoms with van der Waals surface area (Å²) in [6.07, 6.45) is 0. The molecule has 0 radical (unpaired) electrons. The third kappa shape index (κ3) is 3.73. The summed E-state index contributed by atoms with van der Waals surface area (Å²) in [6.45, 7) is 0. The van der Waals surface area contributed by atoms with Crippen LogP contribution in [0, 0.1) is 0 Å². The van der Waals surface area contributed by atoms with Gasteiger partial charge in [-0.15, -0.1) is 11.3 Å². The van der Waals surface area contributed by atoms with E-state index in [1.807, 2.05) is 29.5 Å². The highest BCUT2D eigenvalue weighted by molar-refractivity contribution is 7.24. The first kappa shape index (κ1) is 27.3. The molecule has 51 heavy (non-hydrogen) atoms. The Balaban J connectivity index is 1.16. The van der Waals surface area contributed by atoms with E-state index < -0.39 is 0 Å². The van der Waals surface area contributed by atoms with E-state index in [2.05, 4.69) is 138 Å². The Morgan fingerprint density at radius 1 is 0.510 bits per heavy atom. The number of nitrogens with zero attached hydrogens (tertiary/aromatic N) is 3. The summed E-state index contributed by atoms with van der Waals surface area (Å²) < 4.78 is 11.5. The van der Waals surface area contributed by atoms with Crippen LogP contribution in [0.5, 0.6) is 0 Å². The molecule has 4 aromatic heterocycles. The third-order valence-electron chi connectivity index (χ3n) is 10.5. The van der Waals surface area contributed by atoms with Gasteiger partial charge in [0.25, 0.3) is 0 Å². The summed E-state index contributed by atoms with van der Waals surface area (Å²) in [6, 6.07) is 54.1. The van der Waals surface area contributed by atoms with Gasteiger partial charge in [0.1, 0.15) is 16.8 Å². The fraction of sp³-hybridized carbons (Fsp3) is 0. The fourth-order valence-corrected chi connectivity index (χ4v) is 9.54. The van der Waals surface area contributed by atoms with Gasteiger partial charge in [-0.05, 0) is 70.1 Å². The van der Waals surface area contributed by atoms with Gasteiger partial charge in [-0.1, -0.05) is 103 Å². The number of fused-ring (bicyclic) bond motifs is 4. The molecular formula is C46H25N3OS. The lowest BCUT2D eigenvalue weighted by atomic mass is 10.00. The van der Waals surface area contributed by atoms with E-state index in [4.69, 9.17) is 14.4 Å². The number of hydrogen-bond donors (Lipinski definition) is 0. The Morgan fingerprint density at radius 3 is 1.94 bits per heavy atom. The molecule has 8 aromatic carbocycles. The van der Waals surface area contributed by atoms with Crippen molar-refractivity contribution < 1.29 is 4.42 Å². The van der Waals surface area contributed by atoms with Gasteiger partial charge in [0.15, 0.2) is 11.4 Å². The van der Waals surface area contributed by atoms with Crippen molar-refractivity contribution in [2.24, 2.45) is 0 Å². The Bertz CT molecular complexity index is 3280. The minimum absolute atomic E-state index is 0.664. The van der Waals surface area contributed by atoms with Gasteiger partial charge in [0.05, 0.1) is 11.0 Å². The lowest BCUT2D eigenvalue weighted by molar-refractivity contribution is 0.667. The number of aromatic nitrogens is 3. The third-order valence-corrected chi connectivity index (χ3v) is 11.7. The van der Waals surface area contributed by atoms with Gasteiger partial charge in [0.2, 0.25) is 0 Å². The average molecular weight is 668 g/mol.